The van der Waals surface area contributed by atoms with Crippen LogP contribution in [-0.4, -0.2) is 42.3 Å². The number of rotatable bonds is 8. The average Bonchev–Trinajstić information content (AvgIpc) is 2.92. The van der Waals surface area contributed by atoms with Crippen LogP contribution in [-0.2, 0) is 31.4 Å². The minimum absolute atomic E-state index is 0.0536. The summed E-state index contributed by atoms with van der Waals surface area (Å²) in [5.41, 5.74) is 1.37. The van der Waals surface area contributed by atoms with Gasteiger partial charge in [-0.1, -0.05) is 5.16 Å². The van der Waals surface area contributed by atoms with E-state index in [1.807, 2.05) is 20.8 Å². The predicted octanol–water partition coefficient (Wildman–Crippen LogP) is 1.19. The SMILES string of the molecule is CCOC(C)(C)c1cc(CCC(C)(C(=O)NO)S(C)(=O)=O)on1. The number of hydroxylamine groups is 1. The van der Waals surface area contributed by atoms with Crippen LogP contribution in [0.3, 0.4) is 0 Å². The Hall–Kier alpha value is -1.45. The molecule has 0 saturated heterocycles. The van der Waals surface area contributed by atoms with E-state index in [9.17, 15) is 13.2 Å². The maximum absolute atomic E-state index is 11.9. The smallest absolute Gasteiger partial charge is 0.264 e. The Morgan fingerprint density at radius 2 is 2.04 bits per heavy atom. The van der Waals surface area contributed by atoms with E-state index in [0.29, 0.717) is 18.1 Å². The number of sulfone groups is 1. The van der Waals surface area contributed by atoms with Crippen LogP contribution < -0.4 is 5.48 Å². The van der Waals surface area contributed by atoms with Crippen LogP contribution in [0.15, 0.2) is 10.6 Å². The zero-order valence-corrected chi connectivity index (χ0v) is 14.9. The number of aromatic nitrogens is 1. The van der Waals surface area contributed by atoms with E-state index < -0.39 is 26.1 Å². The van der Waals surface area contributed by atoms with Gasteiger partial charge >= 0.3 is 0 Å². The largest absolute Gasteiger partial charge is 0.369 e. The molecule has 0 aliphatic carbocycles. The number of aryl methyl sites for hydroxylation is 1. The van der Waals surface area contributed by atoms with Crippen molar-refractivity contribution in [1.29, 1.82) is 0 Å². The van der Waals surface area contributed by atoms with Crippen LogP contribution in [0.5, 0.6) is 0 Å². The van der Waals surface area contributed by atoms with Crippen LogP contribution in [0.2, 0.25) is 0 Å². The Bertz CT molecular complexity index is 652. The van der Waals surface area contributed by atoms with Gasteiger partial charge < -0.3 is 9.26 Å². The molecular formula is C14H24N2O6S. The highest BCUT2D eigenvalue weighted by molar-refractivity contribution is 7.92. The maximum atomic E-state index is 11.9. The molecule has 23 heavy (non-hydrogen) atoms. The van der Waals surface area contributed by atoms with E-state index in [2.05, 4.69) is 5.16 Å². The summed E-state index contributed by atoms with van der Waals surface area (Å²) >= 11 is 0. The molecule has 1 aromatic heterocycles. The van der Waals surface area contributed by atoms with E-state index in [1.54, 1.807) is 6.07 Å². The molecule has 9 heteroatoms. The van der Waals surface area contributed by atoms with Gasteiger partial charge in [-0.2, -0.15) is 0 Å². The zero-order valence-electron chi connectivity index (χ0n) is 14.0. The summed E-state index contributed by atoms with van der Waals surface area (Å²) in [6.07, 6.45) is 1.07. The topological polar surface area (TPSA) is 119 Å². The fraction of sp³-hybridized carbons (Fsp3) is 0.714. The van der Waals surface area contributed by atoms with E-state index in [1.165, 1.54) is 12.4 Å². The number of ether oxygens (including phenoxy) is 1. The Kier molecular flexibility index (Phi) is 5.95. The van der Waals surface area contributed by atoms with Crippen molar-refractivity contribution in [1.82, 2.24) is 10.6 Å². The molecule has 1 unspecified atom stereocenters. The molecule has 2 N–H and O–H groups in total. The van der Waals surface area contributed by atoms with Gasteiger partial charge in [-0.25, -0.2) is 13.9 Å². The highest BCUT2D eigenvalue weighted by Gasteiger charge is 2.43. The number of hydrogen-bond acceptors (Lipinski definition) is 7. The fourth-order valence-corrected chi connectivity index (χ4v) is 2.95. The number of hydrogen-bond donors (Lipinski definition) is 2. The van der Waals surface area contributed by atoms with Crippen molar-refractivity contribution >= 4 is 15.7 Å². The molecule has 1 heterocycles. The van der Waals surface area contributed by atoms with Crippen molar-refractivity contribution in [3.05, 3.63) is 17.5 Å². The minimum Gasteiger partial charge on any atom is -0.369 e. The molecule has 1 amide bonds. The second kappa shape index (κ2) is 6.98. The van der Waals surface area contributed by atoms with Crippen molar-refractivity contribution in [2.75, 3.05) is 12.9 Å². The molecule has 0 spiro atoms. The van der Waals surface area contributed by atoms with Crippen molar-refractivity contribution < 1.29 is 27.7 Å². The van der Waals surface area contributed by atoms with Crippen molar-refractivity contribution in [2.24, 2.45) is 0 Å². The Balaban J connectivity index is 2.93. The Morgan fingerprint density at radius 1 is 1.43 bits per heavy atom. The number of nitrogens with zero attached hydrogens (tertiary/aromatic N) is 1. The summed E-state index contributed by atoms with van der Waals surface area (Å²) < 4.78 is 32.8. The van der Waals surface area contributed by atoms with Gasteiger partial charge in [-0.05, 0) is 34.1 Å². The molecule has 0 saturated carbocycles. The third kappa shape index (κ3) is 4.30. The summed E-state index contributed by atoms with van der Waals surface area (Å²) in [7, 11) is -3.73. The van der Waals surface area contributed by atoms with Gasteiger partial charge in [-0.3, -0.25) is 10.0 Å². The lowest BCUT2D eigenvalue weighted by atomic mass is 10.0. The molecule has 0 fully saturated rings. The molecule has 1 rings (SSSR count). The first-order valence-corrected chi connectivity index (χ1v) is 9.11. The molecule has 0 bridgehead atoms. The standard InChI is InChI=1S/C14H24N2O6S/c1-6-21-13(2,3)11-9-10(22-16-11)7-8-14(4,12(17)15-18)23(5,19)20/h9,18H,6-8H2,1-5H3,(H,15,17). The van der Waals surface area contributed by atoms with E-state index >= 15 is 0 Å². The van der Waals surface area contributed by atoms with Crippen molar-refractivity contribution in [3.8, 4) is 0 Å². The third-order valence-electron chi connectivity index (χ3n) is 3.93. The molecule has 1 aromatic rings. The Morgan fingerprint density at radius 3 is 2.52 bits per heavy atom. The molecule has 0 radical (unpaired) electrons. The first kappa shape index (κ1) is 19.6. The molecule has 0 aliphatic rings. The number of carbonyl (C=O) groups is 1. The first-order chi connectivity index (χ1) is 10.5. The minimum atomic E-state index is -3.73. The zero-order chi connectivity index (χ0) is 17.9. The molecule has 132 valence electrons. The highest BCUT2D eigenvalue weighted by Crippen LogP contribution is 2.27. The molecule has 1 atom stereocenters. The average molecular weight is 348 g/mol. The van der Waals surface area contributed by atoms with Crippen molar-refractivity contribution in [2.45, 2.75) is 50.9 Å². The van der Waals surface area contributed by atoms with Gasteiger partial charge in [0.15, 0.2) is 9.84 Å². The Labute approximate surface area is 136 Å². The van der Waals surface area contributed by atoms with E-state index in [4.69, 9.17) is 14.5 Å². The molecular weight excluding hydrogens is 324 g/mol. The highest BCUT2D eigenvalue weighted by atomic mass is 32.2. The number of amides is 1. The number of carbonyl (C=O) groups excluding carboxylic acids is 1. The quantitative estimate of drug-likeness (QED) is 0.535. The van der Waals surface area contributed by atoms with Gasteiger partial charge in [-0.15, -0.1) is 0 Å². The van der Waals surface area contributed by atoms with Crippen LogP contribution in [0, 0.1) is 0 Å². The van der Waals surface area contributed by atoms with Gasteiger partial charge in [0.1, 0.15) is 21.8 Å². The second-order valence-corrected chi connectivity index (χ2v) is 8.51. The fourth-order valence-electron chi connectivity index (χ4n) is 2.10. The lowest BCUT2D eigenvalue weighted by molar-refractivity contribution is -0.131. The lowest BCUT2D eigenvalue weighted by Crippen LogP contribution is -2.49. The predicted molar refractivity (Wildman–Crippen MR) is 82.7 cm³/mol. The monoisotopic (exact) mass is 348 g/mol. The van der Waals surface area contributed by atoms with Gasteiger partial charge in [0.05, 0.1) is 0 Å². The van der Waals surface area contributed by atoms with Crippen LogP contribution in [0.1, 0.15) is 45.6 Å². The van der Waals surface area contributed by atoms with Gasteiger partial charge in [0, 0.05) is 25.3 Å². The summed E-state index contributed by atoms with van der Waals surface area (Å²) in [5.74, 6) is -0.539. The third-order valence-corrected chi connectivity index (χ3v) is 5.96. The van der Waals surface area contributed by atoms with E-state index in [-0.39, 0.29) is 12.8 Å². The van der Waals surface area contributed by atoms with E-state index in [0.717, 1.165) is 6.26 Å². The normalized spacial score (nSPS) is 15.2. The summed E-state index contributed by atoms with van der Waals surface area (Å²) in [6.45, 7) is 7.33. The first-order valence-electron chi connectivity index (χ1n) is 7.22. The van der Waals surface area contributed by atoms with Crippen molar-refractivity contribution in [3.63, 3.8) is 0 Å². The van der Waals surface area contributed by atoms with Gasteiger partial charge in [0.25, 0.3) is 5.91 Å². The van der Waals surface area contributed by atoms with Crippen LogP contribution in [0.25, 0.3) is 0 Å². The molecule has 0 aromatic carbocycles. The van der Waals surface area contributed by atoms with Crippen LogP contribution >= 0.6 is 0 Å². The number of nitrogens with one attached hydrogen (secondary N) is 1. The summed E-state index contributed by atoms with van der Waals surface area (Å²) in [5, 5.41) is 12.7. The lowest BCUT2D eigenvalue weighted by Gasteiger charge is -2.24. The summed E-state index contributed by atoms with van der Waals surface area (Å²) in [6, 6.07) is 1.68. The summed E-state index contributed by atoms with van der Waals surface area (Å²) in [4.78, 5) is 11.7. The second-order valence-electron chi connectivity index (χ2n) is 6.07. The maximum Gasteiger partial charge on any atom is 0.264 e. The molecule has 0 aliphatic heterocycles. The van der Waals surface area contributed by atoms with Crippen LogP contribution in [0.4, 0.5) is 0 Å². The molecule has 8 nitrogen and oxygen atoms in total. The van der Waals surface area contributed by atoms with Gasteiger partial charge in [0.2, 0.25) is 0 Å².